The third kappa shape index (κ3) is 2.86. The van der Waals surface area contributed by atoms with Crippen molar-refractivity contribution in [3.05, 3.63) is 29.3 Å². The first-order chi connectivity index (χ1) is 6.86. The highest BCUT2D eigenvalue weighted by Gasteiger charge is 2.17. The summed E-state index contributed by atoms with van der Waals surface area (Å²) in [7, 11) is 1.62. The lowest BCUT2D eigenvalue weighted by molar-refractivity contribution is 0.408. The molecule has 0 saturated heterocycles. The molecule has 0 fully saturated rings. The van der Waals surface area contributed by atoms with Crippen molar-refractivity contribution < 1.29 is 4.74 Å². The molecule has 0 amide bonds. The largest absolute Gasteiger partial charge is 0.496 e. The van der Waals surface area contributed by atoms with Crippen molar-refractivity contribution in [1.29, 1.82) is 0 Å². The Labute approximate surface area is 96.4 Å². The molecule has 15 heavy (non-hydrogen) atoms. The molecule has 0 aliphatic rings. The van der Waals surface area contributed by atoms with E-state index in [-0.39, 0.29) is 5.41 Å². The molecule has 84 valence electrons. The standard InChI is InChI=1S/C12H18ClNO/c1-12(2,3)8-5-6-10(15-4)9(7-8)11(13)14/h5-7,11H,14H2,1-4H3. The second kappa shape index (κ2) is 4.42. The molecule has 1 aromatic carbocycles. The molecule has 1 rings (SSSR count). The number of ether oxygens (including phenoxy) is 1. The van der Waals surface area contributed by atoms with E-state index in [4.69, 9.17) is 22.1 Å². The number of rotatable bonds is 2. The molecule has 0 heterocycles. The predicted molar refractivity (Wildman–Crippen MR) is 64.5 cm³/mol. The molecule has 2 N–H and O–H groups in total. The number of hydrogen-bond acceptors (Lipinski definition) is 2. The van der Waals surface area contributed by atoms with Crippen LogP contribution in [0.25, 0.3) is 0 Å². The average Bonchev–Trinajstić information content (AvgIpc) is 2.15. The zero-order chi connectivity index (χ0) is 11.6. The smallest absolute Gasteiger partial charge is 0.124 e. The summed E-state index contributed by atoms with van der Waals surface area (Å²) in [6.45, 7) is 6.45. The van der Waals surface area contributed by atoms with Gasteiger partial charge in [-0.3, -0.25) is 0 Å². The molecule has 3 heteroatoms. The van der Waals surface area contributed by atoms with Crippen LogP contribution in [0.2, 0.25) is 0 Å². The normalized spacial score (nSPS) is 13.7. The van der Waals surface area contributed by atoms with E-state index < -0.39 is 5.50 Å². The third-order valence-corrected chi connectivity index (χ3v) is 2.63. The summed E-state index contributed by atoms with van der Waals surface area (Å²) >= 11 is 5.91. The summed E-state index contributed by atoms with van der Waals surface area (Å²) in [6, 6.07) is 5.97. The molecule has 0 aliphatic heterocycles. The Morgan fingerprint density at radius 3 is 2.33 bits per heavy atom. The monoisotopic (exact) mass is 227 g/mol. The molecule has 1 atom stereocenters. The van der Waals surface area contributed by atoms with Crippen LogP contribution in [0.4, 0.5) is 0 Å². The molecule has 1 unspecified atom stereocenters. The molecular formula is C12H18ClNO. The molecule has 1 aromatic rings. The van der Waals surface area contributed by atoms with Gasteiger partial charge in [0.2, 0.25) is 0 Å². The minimum absolute atomic E-state index is 0.0901. The van der Waals surface area contributed by atoms with E-state index in [2.05, 4.69) is 20.8 Å². The van der Waals surface area contributed by atoms with Gasteiger partial charge in [-0.1, -0.05) is 26.8 Å². The van der Waals surface area contributed by atoms with Crippen LogP contribution in [-0.4, -0.2) is 7.11 Å². The maximum atomic E-state index is 5.91. The number of methoxy groups -OCH3 is 1. The zero-order valence-corrected chi connectivity index (χ0v) is 10.4. The van der Waals surface area contributed by atoms with Gasteiger partial charge in [0.05, 0.1) is 7.11 Å². The topological polar surface area (TPSA) is 35.2 Å². The van der Waals surface area contributed by atoms with Crippen molar-refractivity contribution in [2.24, 2.45) is 5.73 Å². The van der Waals surface area contributed by atoms with Crippen LogP contribution >= 0.6 is 11.6 Å². The second-order valence-corrected chi connectivity index (χ2v) is 5.08. The van der Waals surface area contributed by atoms with Gasteiger partial charge in [0.15, 0.2) is 0 Å². The van der Waals surface area contributed by atoms with Crippen LogP contribution in [0.3, 0.4) is 0 Å². The maximum Gasteiger partial charge on any atom is 0.124 e. The summed E-state index contributed by atoms with van der Waals surface area (Å²) in [4.78, 5) is 0. The van der Waals surface area contributed by atoms with Crippen molar-refractivity contribution in [2.45, 2.75) is 31.7 Å². The lowest BCUT2D eigenvalue weighted by atomic mass is 9.86. The first-order valence-electron chi connectivity index (χ1n) is 4.94. The van der Waals surface area contributed by atoms with Gasteiger partial charge >= 0.3 is 0 Å². The predicted octanol–water partition coefficient (Wildman–Crippen LogP) is 3.19. The van der Waals surface area contributed by atoms with Gasteiger partial charge in [-0.15, -0.1) is 11.6 Å². The van der Waals surface area contributed by atoms with Crippen LogP contribution in [0.15, 0.2) is 18.2 Å². The molecule has 0 aromatic heterocycles. The Kier molecular flexibility index (Phi) is 3.63. The molecule has 0 aliphatic carbocycles. The first kappa shape index (κ1) is 12.3. The Morgan fingerprint density at radius 2 is 1.93 bits per heavy atom. The molecular weight excluding hydrogens is 210 g/mol. The first-order valence-corrected chi connectivity index (χ1v) is 5.38. The van der Waals surface area contributed by atoms with Crippen LogP contribution < -0.4 is 10.5 Å². The highest BCUT2D eigenvalue weighted by Crippen LogP contribution is 2.31. The van der Waals surface area contributed by atoms with Crippen molar-refractivity contribution >= 4 is 11.6 Å². The van der Waals surface area contributed by atoms with Crippen molar-refractivity contribution in [1.82, 2.24) is 0 Å². The van der Waals surface area contributed by atoms with Gasteiger partial charge < -0.3 is 10.5 Å². The van der Waals surface area contributed by atoms with Crippen molar-refractivity contribution in [3.63, 3.8) is 0 Å². The van der Waals surface area contributed by atoms with E-state index in [9.17, 15) is 0 Å². The van der Waals surface area contributed by atoms with E-state index >= 15 is 0 Å². The zero-order valence-electron chi connectivity index (χ0n) is 9.67. The van der Waals surface area contributed by atoms with Crippen LogP contribution in [0, 0.1) is 0 Å². The van der Waals surface area contributed by atoms with E-state index in [0.717, 1.165) is 11.3 Å². The summed E-state index contributed by atoms with van der Waals surface area (Å²) in [5.74, 6) is 0.741. The summed E-state index contributed by atoms with van der Waals surface area (Å²) in [6.07, 6.45) is 0. The van der Waals surface area contributed by atoms with Crippen LogP contribution in [0.5, 0.6) is 5.75 Å². The fourth-order valence-electron chi connectivity index (χ4n) is 1.42. The minimum atomic E-state index is -0.526. The van der Waals surface area contributed by atoms with Gasteiger partial charge in [-0.05, 0) is 23.1 Å². The van der Waals surface area contributed by atoms with Gasteiger partial charge in [0.1, 0.15) is 11.3 Å². The fraction of sp³-hybridized carbons (Fsp3) is 0.500. The average molecular weight is 228 g/mol. The third-order valence-electron chi connectivity index (χ3n) is 2.39. The molecule has 0 saturated carbocycles. The van der Waals surface area contributed by atoms with Gasteiger partial charge in [-0.25, -0.2) is 0 Å². The van der Waals surface area contributed by atoms with Crippen LogP contribution in [0.1, 0.15) is 37.4 Å². The number of nitrogens with two attached hydrogens (primary N) is 1. The Hall–Kier alpha value is -0.730. The quantitative estimate of drug-likeness (QED) is 0.622. The molecule has 0 bridgehead atoms. The molecule has 0 spiro atoms. The maximum absolute atomic E-state index is 5.91. The van der Waals surface area contributed by atoms with Gasteiger partial charge in [0, 0.05) is 5.56 Å². The van der Waals surface area contributed by atoms with Crippen molar-refractivity contribution in [2.75, 3.05) is 7.11 Å². The van der Waals surface area contributed by atoms with Crippen LogP contribution in [-0.2, 0) is 5.41 Å². The lowest BCUT2D eigenvalue weighted by Crippen LogP contribution is -2.13. The minimum Gasteiger partial charge on any atom is -0.496 e. The number of alkyl halides is 1. The number of halogens is 1. The van der Waals surface area contributed by atoms with Gasteiger partial charge in [-0.2, -0.15) is 0 Å². The second-order valence-electron chi connectivity index (χ2n) is 4.61. The van der Waals surface area contributed by atoms with Crippen molar-refractivity contribution in [3.8, 4) is 5.75 Å². The number of benzene rings is 1. The van der Waals surface area contributed by atoms with E-state index in [0.29, 0.717) is 0 Å². The van der Waals surface area contributed by atoms with E-state index in [1.54, 1.807) is 7.11 Å². The van der Waals surface area contributed by atoms with Gasteiger partial charge in [0.25, 0.3) is 0 Å². The Balaban J connectivity index is 3.22. The Bertz CT molecular complexity index is 342. The summed E-state index contributed by atoms with van der Waals surface area (Å²) < 4.78 is 5.21. The SMILES string of the molecule is COc1ccc(C(C)(C)C)cc1C(N)Cl. The number of hydrogen-bond donors (Lipinski definition) is 1. The summed E-state index contributed by atoms with van der Waals surface area (Å²) in [5, 5.41) is 0. The molecule has 0 radical (unpaired) electrons. The highest BCUT2D eigenvalue weighted by molar-refractivity contribution is 6.20. The summed E-state index contributed by atoms with van der Waals surface area (Å²) in [5.41, 5.74) is 7.29. The Morgan fingerprint density at radius 1 is 1.33 bits per heavy atom. The van der Waals surface area contributed by atoms with E-state index in [1.165, 1.54) is 5.56 Å². The molecule has 2 nitrogen and oxygen atoms in total. The van der Waals surface area contributed by atoms with E-state index in [1.807, 2.05) is 18.2 Å². The lowest BCUT2D eigenvalue weighted by Gasteiger charge is -2.21. The fourth-order valence-corrected chi connectivity index (χ4v) is 1.59. The highest BCUT2D eigenvalue weighted by atomic mass is 35.5.